The Kier molecular flexibility index (Phi) is 6.45. The molecule has 0 unspecified atom stereocenters. The number of rotatable bonds is 7. The van der Waals surface area contributed by atoms with E-state index >= 15 is 0 Å². The van der Waals surface area contributed by atoms with Gasteiger partial charge in [-0.3, -0.25) is 4.79 Å². The number of carbonyl (C=O) groups excluding carboxylic acids is 1. The predicted molar refractivity (Wildman–Crippen MR) is 111 cm³/mol. The van der Waals surface area contributed by atoms with Crippen molar-refractivity contribution >= 4 is 23.1 Å². The molecule has 0 aliphatic heterocycles. The Morgan fingerprint density at radius 3 is 2.46 bits per heavy atom. The van der Waals surface area contributed by atoms with Gasteiger partial charge in [-0.1, -0.05) is 41.9 Å². The lowest BCUT2D eigenvalue weighted by atomic mass is 10.1. The predicted octanol–water partition coefficient (Wildman–Crippen LogP) is 6.11. The van der Waals surface area contributed by atoms with Gasteiger partial charge in [0.1, 0.15) is 11.6 Å². The van der Waals surface area contributed by atoms with Crippen molar-refractivity contribution in [3.05, 3.63) is 95.9 Å². The van der Waals surface area contributed by atoms with Crippen molar-refractivity contribution in [2.75, 3.05) is 5.32 Å². The van der Waals surface area contributed by atoms with E-state index in [1.165, 1.54) is 18.3 Å². The lowest BCUT2D eigenvalue weighted by molar-refractivity contribution is -0.120. The van der Waals surface area contributed by atoms with Gasteiger partial charge in [-0.2, -0.15) is 0 Å². The van der Waals surface area contributed by atoms with Gasteiger partial charge >= 0.3 is 0 Å². The molecule has 0 bridgehead atoms. The number of nitrogens with one attached hydrogen (secondary N) is 1. The number of hydrogen-bond acceptors (Lipinski definition) is 3. The second-order valence-electron chi connectivity index (χ2n) is 6.15. The van der Waals surface area contributed by atoms with Crippen LogP contribution in [0.3, 0.4) is 0 Å². The minimum absolute atomic E-state index is 0.242. The van der Waals surface area contributed by atoms with E-state index < -0.39 is 11.9 Å². The lowest BCUT2D eigenvalue weighted by Crippen LogP contribution is -2.22. The Bertz CT molecular complexity index is 972. The summed E-state index contributed by atoms with van der Waals surface area (Å²) in [5, 5.41) is 3.62. The van der Waals surface area contributed by atoms with Gasteiger partial charge < -0.3 is 10.1 Å². The highest BCUT2D eigenvalue weighted by Crippen LogP contribution is 2.26. The number of carbonyl (C=O) groups is 1. The molecule has 3 rings (SSSR count). The molecule has 0 aliphatic rings. The second kappa shape index (κ2) is 9.20. The molecule has 1 N–H and O–H groups in total. The smallest absolute Gasteiger partial charge is 0.197 e. The number of anilines is 1. The zero-order valence-electron chi connectivity index (χ0n) is 15.2. The summed E-state index contributed by atoms with van der Waals surface area (Å²) < 4.78 is 20.0. The summed E-state index contributed by atoms with van der Waals surface area (Å²) in [7, 11) is 0. The van der Waals surface area contributed by atoms with E-state index in [9.17, 15) is 9.18 Å². The van der Waals surface area contributed by atoms with Crippen LogP contribution >= 0.6 is 11.6 Å². The number of benzene rings is 3. The van der Waals surface area contributed by atoms with Crippen molar-refractivity contribution in [1.29, 1.82) is 0 Å². The monoisotopic (exact) mass is 395 g/mol. The van der Waals surface area contributed by atoms with Crippen LogP contribution in [0.4, 0.5) is 10.1 Å². The van der Waals surface area contributed by atoms with Crippen molar-refractivity contribution in [3.8, 4) is 16.9 Å². The fraction of sp³-hybridized carbons (Fsp3) is 0.0870. The fourth-order valence-corrected chi connectivity index (χ4v) is 2.71. The van der Waals surface area contributed by atoms with Gasteiger partial charge in [0, 0.05) is 34.6 Å². The van der Waals surface area contributed by atoms with Gasteiger partial charge in [0.15, 0.2) is 11.9 Å². The Morgan fingerprint density at radius 2 is 1.79 bits per heavy atom. The highest BCUT2D eigenvalue weighted by molar-refractivity contribution is 6.30. The maximum absolute atomic E-state index is 14.4. The molecular weight excluding hydrogens is 377 g/mol. The first-order valence-corrected chi connectivity index (χ1v) is 9.15. The van der Waals surface area contributed by atoms with Crippen LogP contribution in [0, 0.1) is 5.82 Å². The quantitative estimate of drug-likeness (QED) is 0.490. The minimum atomic E-state index is -0.745. The van der Waals surface area contributed by atoms with Crippen molar-refractivity contribution in [2.24, 2.45) is 0 Å². The van der Waals surface area contributed by atoms with Crippen molar-refractivity contribution < 1.29 is 13.9 Å². The molecule has 1 atom stereocenters. The molecule has 0 saturated carbocycles. The number of hydrogen-bond donors (Lipinski definition) is 1. The maximum Gasteiger partial charge on any atom is 0.197 e. The highest BCUT2D eigenvalue weighted by Gasteiger charge is 2.13. The number of halogens is 2. The first-order valence-electron chi connectivity index (χ1n) is 8.77. The average Bonchev–Trinajstić information content (AvgIpc) is 2.70. The first-order chi connectivity index (χ1) is 13.5. The molecule has 3 aromatic rings. The van der Waals surface area contributed by atoms with Gasteiger partial charge in [0.25, 0.3) is 0 Å². The molecule has 0 heterocycles. The minimum Gasteiger partial charge on any atom is -0.482 e. The molecule has 3 aromatic carbocycles. The summed E-state index contributed by atoms with van der Waals surface area (Å²) in [4.78, 5) is 12.2. The Labute approximate surface area is 168 Å². The largest absolute Gasteiger partial charge is 0.482 e. The molecule has 0 aromatic heterocycles. The molecule has 0 aliphatic carbocycles. The van der Waals surface area contributed by atoms with E-state index in [0.29, 0.717) is 16.3 Å². The zero-order chi connectivity index (χ0) is 19.9. The number of ketones is 1. The molecule has 0 amide bonds. The van der Waals surface area contributed by atoms with Crippen LogP contribution in [0.5, 0.6) is 5.75 Å². The van der Waals surface area contributed by atoms with E-state index in [1.54, 1.807) is 43.3 Å². The summed E-state index contributed by atoms with van der Waals surface area (Å²) >= 11 is 5.83. The van der Waals surface area contributed by atoms with Crippen LogP contribution in [0.1, 0.15) is 6.92 Å². The van der Waals surface area contributed by atoms with E-state index in [1.807, 2.05) is 30.3 Å². The standard InChI is InChI=1S/C23H19ClFNO2/c1-16(23(27)13-14-26-19-9-7-18(24)8-10-19)28-20-11-12-21(22(25)15-20)17-5-3-2-4-6-17/h2-16,26H,1H3/b14-13+/t16-/m0/s1. The van der Waals surface area contributed by atoms with E-state index in [-0.39, 0.29) is 5.78 Å². The number of ether oxygens (including phenoxy) is 1. The lowest BCUT2D eigenvalue weighted by Gasteiger charge is -2.13. The Hall–Kier alpha value is -3.11. The normalized spacial score (nSPS) is 12.0. The highest BCUT2D eigenvalue weighted by atomic mass is 35.5. The molecule has 3 nitrogen and oxygen atoms in total. The molecule has 142 valence electrons. The molecular formula is C23H19ClFNO2. The Balaban J connectivity index is 1.59. The van der Waals surface area contributed by atoms with Crippen molar-refractivity contribution in [3.63, 3.8) is 0 Å². The second-order valence-corrected chi connectivity index (χ2v) is 6.59. The topological polar surface area (TPSA) is 38.3 Å². The fourth-order valence-electron chi connectivity index (χ4n) is 2.58. The van der Waals surface area contributed by atoms with Crippen LogP contribution in [0.2, 0.25) is 5.02 Å². The summed E-state index contributed by atoms with van der Waals surface area (Å²) in [6.07, 6.45) is 2.17. The van der Waals surface area contributed by atoms with Gasteiger partial charge in [-0.25, -0.2) is 4.39 Å². The third-order valence-electron chi connectivity index (χ3n) is 4.08. The molecule has 28 heavy (non-hydrogen) atoms. The van der Waals surface area contributed by atoms with Crippen LogP contribution in [0.15, 0.2) is 85.1 Å². The van der Waals surface area contributed by atoms with Crippen LogP contribution in [-0.2, 0) is 4.79 Å². The molecule has 0 saturated heterocycles. The molecule has 5 heteroatoms. The Morgan fingerprint density at radius 1 is 1.07 bits per heavy atom. The van der Waals surface area contributed by atoms with E-state index in [0.717, 1.165) is 11.3 Å². The van der Waals surface area contributed by atoms with Gasteiger partial charge in [-0.05, 0) is 48.9 Å². The van der Waals surface area contributed by atoms with Crippen molar-refractivity contribution in [1.82, 2.24) is 0 Å². The van der Waals surface area contributed by atoms with Gasteiger partial charge in [-0.15, -0.1) is 0 Å². The van der Waals surface area contributed by atoms with Crippen molar-refractivity contribution in [2.45, 2.75) is 13.0 Å². The SMILES string of the molecule is C[C@H](Oc1ccc(-c2ccccc2)c(F)c1)C(=O)/C=C/Nc1ccc(Cl)cc1. The summed E-state index contributed by atoms with van der Waals surface area (Å²) in [6, 6.07) is 20.9. The maximum atomic E-state index is 14.4. The third kappa shape index (κ3) is 5.21. The summed E-state index contributed by atoms with van der Waals surface area (Å²) in [5.74, 6) is -0.339. The van der Waals surface area contributed by atoms with E-state index in [2.05, 4.69) is 5.32 Å². The van der Waals surface area contributed by atoms with Crippen LogP contribution in [-0.4, -0.2) is 11.9 Å². The van der Waals surface area contributed by atoms with Gasteiger partial charge in [0.05, 0.1) is 0 Å². The van der Waals surface area contributed by atoms with Gasteiger partial charge in [0.2, 0.25) is 0 Å². The molecule has 0 spiro atoms. The average molecular weight is 396 g/mol. The first kappa shape index (κ1) is 19.6. The molecule has 0 fully saturated rings. The summed E-state index contributed by atoms with van der Waals surface area (Å²) in [6.45, 7) is 1.62. The third-order valence-corrected chi connectivity index (χ3v) is 4.33. The van der Waals surface area contributed by atoms with Crippen LogP contribution in [0.25, 0.3) is 11.1 Å². The summed E-state index contributed by atoms with van der Waals surface area (Å²) in [5.41, 5.74) is 2.08. The molecule has 0 radical (unpaired) electrons. The van der Waals surface area contributed by atoms with Crippen LogP contribution < -0.4 is 10.1 Å². The zero-order valence-corrected chi connectivity index (χ0v) is 16.0. The van der Waals surface area contributed by atoms with E-state index in [4.69, 9.17) is 16.3 Å².